The van der Waals surface area contributed by atoms with Gasteiger partial charge in [0.15, 0.2) is 11.5 Å². The second kappa shape index (κ2) is 13.2. The first-order valence-corrected chi connectivity index (χ1v) is 14.7. The maximum Gasteiger partial charge on any atom is 0.491 e. The van der Waals surface area contributed by atoms with E-state index >= 15 is 0 Å². The normalized spacial score (nSPS) is 12.2. The highest BCUT2D eigenvalue weighted by Crippen LogP contribution is 2.38. The van der Waals surface area contributed by atoms with Crippen molar-refractivity contribution < 1.29 is 58.6 Å². The molecule has 0 aliphatic heterocycles. The van der Waals surface area contributed by atoms with Gasteiger partial charge in [-0.3, -0.25) is 19.1 Å². The minimum Gasteiger partial charge on any atom is -0.423 e. The number of anilines is 2. The lowest BCUT2D eigenvalue weighted by Crippen LogP contribution is -2.42. The fourth-order valence-electron chi connectivity index (χ4n) is 4.39. The third-order valence-corrected chi connectivity index (χ3v) is 7.64. The van der Waals surface area contributed by atoms with Crippen molar-refractivity contribution in [1.29, 1.82) is 0 Å². The number of benzene rings is 4. The highest BCUT2D eigenvalue weighted by Gasteiger charge is 2.42. The van der Waals surface area contributed by atoms with Gasteiger partial charge in [0.05, 0.1) is 16.1 Å². The van der Waals surface area contributed by atoms with Crippen LogP contribution >= 0.6 is 0 Å². The molecule has 4 rings (SSSR count). The van der Waals surface area contributed by atoms with E-state index in [0.717, 1.165) is 74.5 Å². The quantitative estimate of drug-likeness (QED) is 0.0695. The molecule has 4 aromatic carbocycles. The number of fused-ring (bicyclic) bond motifs is 1. The van der Waals surface area contributed by atoms with Gasteiger partial charge in [-0.25, -0.2) is 13.3 Å². The molecule has 0 heterocycles. The predicted molar refractivity (Wildman–Crippen MR) is 158 cm³/mol. The Bertz CT molecular complexity index is 2010. The van der Waals surface area contributed by atoms with Crippen molar-refractivity contribution >= 4 is 56.1 Å². The van der Waals surface area contributed by atoms with E-state index < -0.39 is 67.1 Å². The predicted octanol–water partition coefficient (Wildman–Crippen LogP) is 7.08. The number of nitrogens with one attached hydrogen (secondary N) is 1. The van der Waals surface area contributed by atoms with E-state index in [2.05, 4.69) is 0 Å². The zero-order valence-electron chi connectivity index (χ0n) is 24.1. The van der Waals surface area contributed by atoms with Gasteiger partial charge in [0.25, 0.3) is 15.9 Å². The van der Waals surface area contributed by atoms with Gasteiger partial charge in [-0.2, -0.15) is 13.2 Å². The molecule has 47 heavy (non-hydrogen) atoms. The Labute approximate surface area is 263 Å². The van der Waals surface area contributed by atoms with Gasteiger partial charge in [-0.05, 0) is 54.1 Å². The Morgan fingerprint density at radius 2 is 1.38 bits per heavy atom. The Kier molecular flexibility index (Phi) is 9.65. The molecule has 0 aliphatic rings. The van der Waals surface area contributed by atoms with Crippen LogP contribution < -0.4 is 19.1 Å². The number of carbonyl (C=O) groups is 3. The van der Waals surface area contributed by atoms with Crippen molar-refractivity contribution in [2.75, 3.05) is 9.62 Å². The molecule has 0 bridgehead atoms. The number of carbonyl (C=O) groups excluding carboxylic acids is 3. The first kappa shape index (κ1) is 34.5. The smallest absolute Gasteiger partial charge is 0.423 e. The van der Waals surface area contributed by atoms with E-state index in [4.69, 9.17) is 9.47 Å². The van der Waals surface area contributed by atoms with Crippen LogP contribution in [0.4, 0.5) is 37.7 Å². The molecule has 0 unspecified atom stereocenters. The second-order valence-electron chi connectivity index (χ2n) is 9.68. The number of hydrogen-bond acceptors (Lipinski definition) is 7. The molecule has 0 radical (unpaired) electrons. The molecule has 0 saturated heterocycles. The highest BCUT2D eigenvalue weighted by molar-refractivity contribution is 7.93. The lowest BCUT2D eigenvalue weighted by molar-refractivity contribution is -0.146. The van der Waals surface area contributed by atoms with E-state index in [1.165, 1.54) is 18.2 Å². The number of ether oxygens (including phenoxy) is 2. The molecule has 0 saturated carbocycles. The van der Waals surface area contributed by atoms with E-state index in [1.54, 1.807) is 0 Å². The highest BCUT2D eigenvalue weighted by atomic mass is 32.2. The molecule has 1 amide bonds. The minimum atomic E-state index is -5.32. The van der Waals surface area contributed by atoms with Crippen LogP contribution in [0.25, 0.3) is 16.8 Å². The number of halogens is 6. The van der Waals surface area contributed by atoms with Gasteiger partial charge in [0.1, 0.15) is 0 Å². The van der Waals surface area contributed by atoms with E-state index in [1.807, 2.05) is 4.72 Å². The molecule has 9 nitrogen and oxygen atoms in total. The van der Waals surface area contributed by atoms with Gasteiger partial charge < -0.3 is 9.47 Å². The van der Waals surface area contributed by atoms with Crippen molar-refractivity contribution in [3.05, 3.63) is 96.1 Å². The average molecular weight is 681 g/mol. The van der Waals surface area contributed by atoms with Crippen LogP contribution in [-0.4, -0.2) is 32.6 Å². The molecule has 0 atom stereocenters. The van der Waals surface area contributed by atoms with Crippen molar-refractivity contribution in [3.63, 3.8) is 0 Å². The largest absolute Gasteiger partial charge is 0.491 e. The minimum absolute atomic E-state index is 0.0830. The zero-order chi connectivity index (χ0) is 34.7. The topological polar surface area (TPSA) is 119 Å². The summed E-state index contributed by atoms with van der Waals surface area (Å²) in [7, 11) is -4.65. The monoisotopic (exact) mass is 680 g/mol. The molecular weight excluding hydrogens is 658 g/mol. The summed E-state index contributed by atoms with van der Waals surface area (Å²) in [5, 5.41) is -0.580. The molecule has 246 valence electrons. The van der Waals surface area contributed by atoms with Gasteiger partial charge >= 0.3 is 24.4 Å². The SMILES string of the molecule is CC(=O)Oc1ccc(/C=C/C(=O)N(c2cccc3c(S(=O)(=O)Nc4cccc(C(F)(F)F)c4)cccc23)C(F)(F)F)cc1OC(C)=O. The van der Waals surface area contributed by atoms with E-state index in [-0.39, 0.29) is 27.8 Å². The molecule has 4 aromatic rings. The number of rotatable bonds is 8. The number of amides is 1. The average Bonchev–Trinajstić information content (AvgIpc) is 2.95. The Morgan fingerprint density at radius 1 is 0.766 bits per heavy atom. The van der Waals surface area contributed by atoms with Crippen LogP contribution in [0.1, 0.15) is 25.0 Å². The van der Waals surface area contributed by atoms with Gasteiger partial charge in [-0.15, -0.1) is 13.2 Å². The molecule has 0 spiro atoms. The maximum atomic E-state index is 14.4. The fourth-order valence-corrected chi connectivity index (χ4v) is 5.66. The summed E-state index contributed by atoms with van der Waals surface area (Å²) in [6.45, 7) is 2.15. The number of alkyl halides is 6. The van der Waals surface area contributed by atoms with Gasteiger partial charge in [0.2, 0.25) is 0 Å². The summed E-state index contributed by atoms with van der Waals surface area (Å²) in [4.78, 5) is 34.8. The second-order valence-corrected chi connectivity index (χ2v) is 11.3. The lowest BCUT2D eigenvalue weighted by atomic mass is 10.1. The summed E-state index contributed by atoms with van der Waals surface area (Å²) in [6.07, 6.45) is -8.54. The van der Waals surface area contributed by atoms with Crippen molar-refractivity contribution in [1.82, 2.24) is 0 Å². The number of sulfonamides is 1. The standard InChI is InChI=1S/C31H22F6N2O7S/c1-18(40)45-26-14-12-20(16-27(26)46-19(2)41)13-15-29(42)39(31(35,36)37)25-10-4-9-24-23(25)8-5-11-28(24)47(43,44)38-22-7-3-6-21(17-22)30(32,33)34/h3-17,38H,1-2H3/b15-13+. The van der Waals surface area contributed by atoms with Crippen molar-refractivity contribution in [3.8, 4) is 11.5 Å². The van der Waals surface area contributed by atoms with Gasteiger partial charge in [0, 0.05) is 36.4 Å². The number of esters is 2. The number of hydrogen-bond donors (Lipinski definition) is 1. The lowest BCUT2D eigenvalue weighted by Gasteiger charge is -2.25. The first-order valence-electron chi connectivity index (χ1n) is 13.2. The van der Waals surface area contributed by atoms with E-state index in [0.29, 0.717) is 12.1 Å². The van der Waals surface area contributed by atoms with Crippen LogP contribution in [0.2, 0.25) is 0 Å². The summed E-state index contributed by atoms with van der Waals surface area (Å²) in [6, 6.07) is 13.5. The summed E-state index contributed by atoms with van der Waals surface area (Å²) < 4.78 is 121. The van der Waals surface area contributed by atoms with Crippen LogP contribution in [0.5, 0.6) is 11.5 Å². The Balaban J connectivity index is 1.73. The first-order chi connectivity index (χ1) is 21.9. The molecule has 1 N–H and O–H groups in total. The van der Waals surface area contributed by atoms with Crippen molar-refractivity contribution in [2.45, 2.75) is 31.2 Å². The molecule has 0 aromatic heterocycles. The summed E-state index contributed by atoms with van der Waals surface area (Å²) >= 11 is 0. The summed E-state index contributed by atoms with van der Waals surface area (Å²) in [5.41, 5.74) is -2.23. The van der Waals surface area contributed by atoms with E-state index in [9.17, 15) is 49.1 Å². The Morgan fingerprint density at radius 3 is 2.02 bits per heavy atom. The molecule has 0 aliphatic carbocycles. The maximum absolute atomic E-state index is 14.4. The van der Waals surface area contributed by atoms with Crippen LogP contribution in [0, 0.1) is 0 Å². The van der Waals surface area contributed by atoms with Gasteiger partial charge in [-0.1, -0.05) is 36.4 Å². The van der Waals surface area contributed by atoms with Crippen LogP contribution in [0.15, 0.2) is 89.8 Å². The Hall–Kier alpha value is -5.38. The molecule has 16 heteroatoms. The zero-order valence-corrected chi connectivity index (χ0v) is 25.0. The fraction of sp³-hybridized carbons (Fsp3) is 0.129. The van der Waals surface area contributed by atoms with Crippen LogP contribution in [0.3, 0.4) is 0 Å². The molecule has 0 fully saturated rings. The van der Waals surface area contributed by atoms with Crippen molar-refractivity contribution in [2.24, 2.45) is 0 Å². The summed E-state index contributed by atoms with van der Waals surface area (Å²) in [5.74, 6) is -3.52. The molecular formula is C31H22F6N2O7S. The third kappa shape index (κ3) is 8.26. The third-order valence-electron chi connectivity index (χ3n) is 6.20. The number of nitrogens with zero attached hydrogens (tertiary/aromatic N) is 1. The van der Waals surface area contributed by atoms with Crippen LogP contribution in [-0.2, 0) is 30.6 Å².